The van der Waals surface area contributed by atoms with Gasteiger partial charge in [0.15, 0.2) is 0 Å². The number of β-amino-alcohol motifs (C(OH)–C–C–N with tert-alkyl or cyclic N) is 1. The van der Waals surface area contributed by atoms with Crippen molar-refractivity contribution < 1.29 is 14.7 Å². The first-order chi connectivity index (χ1) is 7.90. The van der Waals surface area contributed by atoms with Crippen LogP contribution >= 0.6 is 0 Å². The summed E-state index contributed by atoms with van der Waals surface area (Å²) in [6, 6.07) is 0. The third-order valence-corrected chi connectivity index (χ3v) is 4.31. The van der Waals surface area contributed by atoms with Crippen LogP contribution in [-0.2, 0) is 9.59 Å². The molecule has 1 N–H and O–H groups in total. The third kappa shape index (κ3) is 2.10. The van der Waals surface area contributed by atoms with Gasteiger partial charge in [-0.3, -0.25) is 14.5 Å². The molecule has 1 unspecified atom stereocenters. The lowest BCUT2D eigenvalue weighted by Crippen LogP contribution is -2.44. The standard InChI is InChI=1S/C13H21NO3/c1-3-12(2,17)9-14-10(15)8-13(11(14)16)6-4-5-7-13/h17H,3-9H2,1-2H3. The molecule has 2 amide bonds. The van der Waals surface area contributed by atoms with Gasteiger partial charge in [-0.2, -0.15) is 0 Å². The van der Waals surface area contributed by atoms with Crippen LogP contribution < -0.4 is 0 Å². The molecule has 4 heteroatoms. The smallest absolute Gasteiger partial charge is 0.236 e. The van der Waals surface area contributed by atoms with E-state index in [1.165, 1.54) is 4.90 Å². The maximum absolute atomic E-state index is 12.3. The summed E-state index contributed by atoms with van der Waals surface area (Å²) in [4.78, 5) is 25.5. The van der Waals surface area contributed by atoms with Gasteiger partial charge in [-0.1, -0.05) is 19.8 Å². The molecule has 96 valence electrons. The Morgan fingerprint density at radius 2 is 1.94 bits per heavy atom. The average molecular weight is 239 g/mol. The Labute approximate surface area is 102 Å². The molecule has 2 rings (SSSR count). The predicted molar refractivity (Wildman–Crippen MR) is 63.2 cm³/mol. The Bertz CT molecular complexity index is 343. The van der Waals surface area contributed by atoms with Crippen molar-refractivity contribution in [2.45, 2.75) is 58.0 Å². The van der Waals surface area contributed by atoms with Crippen LogP contribution in [0.3, 0.4) is 0 Å². The summed E-state index contributed by atoms with van der Waals surface area (Å²) in [5, 5.41) is 10.0. The maximum Gasteiger partial charge on any atom is 0.236 e. The summed E-state index contributed by atoms with van der Waals surface area (Å²) in [7, 11) is 0. The minimum Gasteiger partial charge on any atom is -0.388 e. The van der Waals surface area contributed by atoms with Crippen LogP contribution in [0.15, 0.2) is 0 Å². The molecule has 1 saturated heterocycles. The molecule has 1 spiro atoms. The SMILES string of the molecule is CCC(C)(O)CN1C(=O)CC2(CCCC2)C1=O. The lowest BCUT2D eigenvalue weighted by molar-refractivity contribution is -0.145. The monoisotopic (exact) mass is 239 g/mol. The number of likely N-dealkylation sites (tertiary alicyclic amines) is 1. The molecule has 0 radical (unpaired) electrons. The molecule has 0 aromatic heterocycles. The number of imide groups is 1. The number of carbonyl (C=O) groups is 2. The first-order valence-electron chi connectivity index (χ1n) is 6.47. The summed E-state index contributed by atoms with van der Waals surface area (Å²) >= 11 is 0. The Hall–Kier alpha value is -0.900. The van der Waals surface area contributed by atoms with Gasteiger partial charge in [-0.05, 0) is 26.2 Å². The Morgan fingerprint density at radius 1 is 1.35 bits per heavy atom. The van der Waals surface area contributed by atoms with Crippen LogP contribution in [0.1, 0.15) is 52.4 Å². The van der Waals surface area contributed by atoms with Gasteiger partial charge >= 0.3 is 0 Å². The van der Waals surface area contributed by atoms with Crippen molar-refractivity contribution in [2.75, 3.05) is 6.54 Å². The van der Waals surface area contributed by atoms with E-state index >= 15 is 0 Å². The molecule has 2 aliphatic rings. The maximum atomic E-state index is 12.3. The second kappa shape index (κ2) is 4.09. The molecule has 1 heterocycles. The van der Waals surface area contributed by atoms with Gasteiger partial charge in [-0.25, -0.2) is 0 Å². The molecule has 0 aromatic carbocycles. The molecule has 1 atom stereocenters. The van der Waals surface area contributed by atoms with Gasteiger partial charge in [0.25, 0.3) is 0 Å². The normalized spacial score (nSPS) is 26.9. The highest BCUT2D eigenvalue weighted by atomic mass is 16.3. The molecule has 2 fully saturated rings. The van der Waals surface area contributed by atoms with E-state index in [1.54, 1.807) is 6.92 Å². The van der Waals surface area contributed by atoms with Crippen LogP contribution in [0.2, 0.25) is 0 Å². The van der Waals surface area contributed by atoms with Crippen molar-refractivity contribution in [1.82, 2.24) is 4.90 Å². The van der Waals surface area contributed by atoms with E-state index in [-0.39, 0.29) is 18.4 Å². The van der Waals surface area contributed by atoms with Crippen molar-refractivity contribution in [3.8, 4) is 0 Å². The van der Waals surface area contributed by atoms with Crippen molar-refractivity contribution in [3.05, 3.63) is 0 Å². The fourth-order valence-corrected chi connectivity index (χ4v) is 2.91. The van der Waals surface area contributed by atoms with Gasteiger partial charge in [0.05, 0.1) is 17.6 Å². The Kier molecular flexibility index (Phi) is 3.02. The molecule has 1 saturated carbocycles. The van der Waals surface area contributed by atoms with Crippen molar-refractivity contribution >= 4 is 11.8 Å². The molecule has 17 heavy (non-hydrogen) atoms. The van der Waals surface area contributed by atoms with E-state index in [0.717, 1.165) is 25.7 Å². The zero-order chi connectivity index (χ0) is 12.7. The van der Waals surface area contributed by atoms with E-state index in [0.29, 0.717) is 12.8 Å². The van der Waals surface area contributed by atoms with Crippen LogP contribution in [0, 0.1) is 5.41 Å². The molecular weight excluding hydrogens is 218 g/mol. The largest absolute Gasteiger partial charge is 0.388 e. The fraction of sp³-hybridized carbons (Fsp3) is 0.846. The van der Waals surface area contributed by atoms with Gasteiger partial charge in [0.2, 0.25) is 11.8 Å². The minimum atomic E-state index is -0.963. The average Bonchev–Trinajstić information content (AvgIpc) is 2.81. The summed E-state index contributed by atoms with van der Waals surface area (Å²) in [5.74, 6) is -0.153. The van der Waals surface area contributed by atoms with E-state index < -0.39 is 11.0 Å². The first-order valence-corrected chi connectivity index (χ1v) is 6.47. The zero-order valence-corrected chi connectivity index (χ0v) is 10.7. The summed E-state index contributed by atoms with van der Waals surface area (Å²) in [6.45, 7) is 3.67. The van der Waals surface area contributed by atoms with Crippen LogP contribution in [0.25, 0.3) is 0 Å². The van der Waals surface area contributed by atoms with Gasteiger partial charge in [0.1, 0.15) is 0 Å². The number of hydrogen-bond acceptors (Lipinski definition) is 3. The number of aliphatic hydroxyl groups is 1. The predicted octanol–water partition coefficient (Wildman–Crippen LogP) is 1.47. The molecule has 1 aliphatic carbocycles. The van der Waals surface area contributed by atoms with E-state index in [1.807, 2.05) is 6.92 Å². The number of nitrogens with zero attached hydrogens (tertiary/aromatic N) is 1. The molecule has 0 aromatic rings. The second-order valence-electron chi connectivity index (χ2n) is 5.80. The summed E-state index contributed by atoms with van der Waals surface area (Å²) in [6.07, 6.45) is 4.64. The van der Waals surface area contributed by atoms with Crippen molar-refractivity contribution in [3.63, 3.8) is 0 Å². The van der Waals surface area contributed by atoms with Crippen LogP contribution in [0.4, 0.5) is 0 Å². The summed E-state index contributed by atoms with van der Waals surface area (Å²) in [5.41, 5.74) is -1.38. The fourth-order valence-electron chi connectivity index (χ4n) is 2.91. The molecule has 1 aliphatic heterocycles. The van der Waals surface area contributed by atoms with E-state index in [2.05, 4.69) is 0 Å². The molecule has 0 bridgehead atoms. The lowest BCUT2D eigenvalue weighted by Gasteiger charge is -2.28. The van der Waals surface area contributed by atoms with Gasteiger partial charge in [0, 0.05) is 6.42 Å². The highest BCUT2D eigenvalue weighted by Gasteiger charge is 2.53. The highest BCUT2D eigenvalue weighted by molar-refractivity contribution is 6.06. The number of carbonyl (C=O) groups excluding carboxylic acids is 2. The Morgan fingerprint density at radius 3 is 2.47 bits per heavy atom. The second-order valence-corrected chi connectivity index (χ2v) is 5.80. The van der Waals surface area contributed by atoms with Crippen molar-refractivity contribution in [1.29, 1.82) is 0 Å². The van der Waals surface area contributed by atoms with Crippen LogP contribution in [-0.4, -0.2) is 34.0 Å². The molecule has 4 nitrogen and oxygen atoms in total. The van der Waals surface area contributed by atoms with E-state index in [9.17, 15) is 14.7 Å². The van der Waals surface area contributed by atoms with Gasteiger partial charge < -0.3 is 5.11 Å². The van der Waals surface area contributed by atoms with Crippen LogP contribution in [0.5, 0.6) is 0 Å². The number of hydrogen-bond donors (Lipinski definition) is 1. The zero-order valence-electron chi connectivity index (χ0n) is 10.7. The highest BCUT2D eigenvalue weighted by Crippen LogP contribution is 2.47. The first kappa shape index (κ1) is 12.6. The van der Waals surface area contributed by atoms with Gasteiger partial charge in [-0.15, -0.1) is 0 Å². The number of amides is 2. The number of rotatable bonds is 3. The minimum absolute atomic E-state index is 0.0475. The Balaban J connectivity index is 2.14. The molecular formula is C13H21NO3. The van der Waals surface area contributed by atoms with Crippen molar-refractivity contribution in [2.24, 2.45) is 5.41 Å². The summed E-state index contributed by atoms with van der Waals surface area (Å²) < 4.78 is 0. The van der Waals surface area contributed by atoms with E-state index in [4.69, 9.17) is 0 Å². The quantitative estimate of drug-likeness (QED) is 0.759. The third-order valence-electron chi connectivity index (χ3n) is 4.31. The lowest BCUT2D eigenvalue weighted by atomic mass is 9.84. The topological polar surface area (TPSA) is 57.6 Å².